The zero-order valence-electron chi connectivity index (χ0n) is 26.0. The van der Waals surface area contributed by atoms with Crippen LogP contribution in [0.25, 0.3) is 10.8 Å². The number of fused-ring (bicyclic) bond motifs is 3. The van der Waals surface area contributed by atoms with Crippen LogP contribution in [0, 0.1) is 11.8 Å². The number of rotatable bonds is 5. The Balaban J connectivity index is 1.29. The van der Waals surface area contributed by atoms with Crippen molar-refractivity contribution >= 4 is 39.9 Å². The van der Waals surface area contributed by atoms with Crippen LogP contribution in [0.5, 0.6) is 0 Å². The predicted octanol–water partition coefficient (Wildman–Crippen LogP) is 5.05. The van der Waals surface area contributed by atoms with Gasteiger partial charge in [-0.25, -0.2) is 0 Å². The van der Waals surface area contributed by atoms with Crippen LogP contribution < -0.4 is 9.80 Å². The van der Waals surface area contributed by atoms with Gasteiger partial charge in [0, 0.05) is 24.5 Å². The van der Waals surface area contributed by atoms with Crippen molar-refractivity contribution in [3.05, 3.63) is 133 Å². The van der Waals surface area contributed by atoms with E-state index in [0.29, 0.717) is 17.8 Å². The molecule has 3 amide bonds. The standard InChI is InChI=1S/C39H35N3O5/c1-38-20-10-22-40(29-16-6-3-7-17-29)35(44)32(38)33-36(45)42(31(25-43)27-13-4-2-5-14-27)34-37(46)41(23-11-21-39(33,34)47-38)30-19-18-26-12-8-9-15-28(26)24-30/h2-21,24,31-34,43H,22-23,25H2,1H3/t31-,32+,33+,34?,38-,39+/m1/s1. The van der Waals surface area contributed by atoms with Gasteiger partial charge >= 0.3 is 0 Å². The summed E-state index contributed by atoms with van der Waals surface area (Å²) in [4.78, 5) is 49.6. The Morgan fingerprint density at radius 2 is 1.36 bits per heavy atom. The molecule has 236 valence electrons. The minimum absolute atomic E-state index is 0.240. The highest BCUT2D eigenvalue weighted by molar-refractivity contribution is 6.08. The molecule has 0 aromatic heterocycles. The average Bonchev–Trinajstić information content (AvgIpc) is 3.36. The number of aliphatic hydroxyl groups is 1. The van der Waals surface area contributed by atoms with Crippen molar-refractivity contribution < 1.29 is 24.2 Å². The molecule has 4 aromatic rings. The monoisotopic (exact) mass is 625 g/mol. The Bertz CT molecular complexity index is 1940. The summed E-state index contributed by atoms with van der Waals surface area (Å²) in [5, 5.41) is 12.9. The molecule has 0 radical (unpaired) electrons. The molecule has 4 aliphatic heterocycles. The Kier molecular flexibility index (Phi) is 6.89. The molecule has 2 fully saturated rings. The Labute approximate surface area is 273 Å². The first-order valence-electron chi connectivity index (χ1n) is 16.1. The number of carbonyl (C=O) groups excluding carboxylic acids is 3. The number of likely N-dealkylation sites (tertiary alicyclic amines) is 1. The number of amides is 3. The number of hydrogen-bond donors (Lipinski definition) is 1. The molecule has 8 rings (SSSR count). The molecule has 47 heavy (non-hydrogen) atoms. The number of anilines is 2. The van der Waals surface area contributed by atoms with Crippen molar-refractivity contribution in [3.8, 4) is 0 Å². The van der Waals surface area contributed by atoms with Gasteiger partial charge in [-0.1, -0.05) is 103 Å². The average molecular weight is 626 g/mol. The molecule has 2 saturated heterocycles. The zero-order chi connectivity index (χ0) is 32.3. The molecule has 1 N–H and O–H groups in total. The van der Waals surface area contributed by atoms with Gasteiger partial charge in [-0.05, 0) is 47.5 Å². The molecule has 4 aromatic carbocycles. The molecule has 4 aliphatic rings. The second kappa shape index (κ2) is 11.0. The summed E-state index contributed by atoms with van der Waals surface area (Å²) < 4.78 is 7.03. The van der Waals surface area contributed by atoms with E-state index in [1.54, 1.807) is 9.80 Å². The Morgan fingerprint density at radius 3 is 2.09 bits per heavy atom. The SMILES string of the molecule is C[C@@]12C=CCN(c3ccccc3)C(=O)[C@@H]1[C@H]1C(=O)N([C@H](CO)c3ccccc3)C3C(=O)N(c4ccc5ccccc5c4)CC=C[C@@]31O2. The van der Waals surface area contributed by atoms with Crippen LogP contribution in [0.2, 0.25) is 0 Å². The molecule has 1 unspecified atom stereocenters. The van der Waals surface area contributed by atoms with Crippen LogP contribution in [0.15, 0.2) is 127 Å². The minimum atomic E-state index is -1.46. The van der Waals surface area contributed by atoms with E-state index in [1.807, 2.05) is 134 Å². The normalized spacial score (nSPS) is 29.0. The van der Waals surface area contributed by atoms with Crippen molar-refractivity contribution in [2.75, 3.05) is 29.5 Å². The van der Waals surface area contributed by atoms with E-state index in [1.165, 1.54) is 4.90 Å². The van der Waals surface area contributed by atoms with Crippen LogP contribution in [0.4, 0.5) is 11.4 Å². The van der Waals surface area contributed by atoms with Crippen molar-refractivity contribution in [1.29, 1.82) is 0 Å². The largest absolute Gasteiger partial charge is 0.394 e. The van der Waals surface area contributed by atoms with Gasteiger partial charge in [0.05, 0.1) is 30.1 Å². The Hall–Kier alpha value is -5.05. The summed E-state index contributed by atoms with van der Waals surface area (Å²) in [5.41, 5.74) is -0.510. The Morgan fingerprint density at radius 1 is 0.723 bits per heavy atom. The van der Waals surface area contributed by atoms with E-state index in [4.69, 9.17) is 4.74 Å². The van der Waals surface area contributed by atoms with Crippen molar-refractivity contribution in [1.82, 2.24) is 4.90 Å². The van der Waals surface area contributed by atoms with E-state index in [2.05, 4.69) is 0 Å². The molecule has 0 bridgehead atoms. The lowest BCUT2D eigenvalue weighted by atomic mass is 9.74. The van der Waals surface area contributed by atoms with E-state index >= 15 is 9.59 Å². The fraction of sp³-hybridized carbons (Fsp3) is 0.256. The van der Waals surface area contributed by atoms with E-state index in [9.17, 15) is 9.90 Å². The second-order valence-corrected chi connectivity index (χ2v) is 12.9. The number of nitrogens with zero attached hydrogens (tertiary/aromatic N) is 3. The van der Waals surface area contributed by atoms with Gasteiger partial charge in [-0.3, -0.25) is 14.4 Å². The fourth-order valence-electron chi connectivity index (χ4n) is 8.24. The van der Waals surface area contributed by atoms with Gasteiger partial charge in [0.1, 0.15) is 11.6 Å². The van der Waals surface area contributed by atoms with Crippen LogP contribution in [0.3, 0.4) is 0 Å². The summed E-state index contributed by atoms with van der Waals surface area (Å²) in [6.45, 7) is 2.01. The van der Waals surface area contributed by atoms with Gasteiger partial charge in [0.25, 0.3) is 5.91 Å². The van der Waals surface area contributed by atoms with Gasteiger partial charge in [0.15, 0.2) is 0 Å². The quantitative estimate of drug-likeness (QED) is 0.314. The molecule has 8 heteroatoms. The second-order valence-electron chi connectivity index (χ2n) is 12.9. The van der Waals surface area contributed by atoms with Crippen LogP contribution in [-0.4, -0.2) is 64.7 Å². The third-order valence-electron chi connectivity index (χ3n) is 10.3. The minimum Gasteiger partial charge on any atom is -0.394 e. The van der Waals surface area contributed by atoms with Crippen molar-refractivity contribution in [3.63, 3.8) is 0 Å². The van der Waals surface area contributed by atoms with Crippen molar-refractivity contribution in [2.45, 2.75) is 30.2 Å². The summed E-state index contributed by atoms with van der Waals surface area (Å²) in [6, 6.07) is 30.5. The third kappa shape index (κ3) is 4.39. The topological polar surface area (TPSA) is 90.4 Å². The number of aliphatic hydroxyl groups excluding tert-OH is 1. The number of carbonyl (C=O) groups is 3. The van der Waals surface area contributed by atoms with Crippen LogP contribution in [-0.2, 0) is 19.1 Å². The highest BCUT2D eigenvalue weighted by Gasteiger charge is 2.75. The molecule has 4 heterocycles. The predicted molar refractivity (Wildman–Crippen MR) is 179 cm³/mol. The molecule has 0 aliphatic carbocycles. The smallest absolute Gasteiger partial charge is 0.253 e. The summed E-state index contributed by atoms with van der Waals surface area (Å²) in [5.74, 6) is -2.88. The maximum atomic E-state index is 15.1. The lowest BCUT2D eigenvalue weighted by molar-refractivity contribution is -0.148. The molecule has 8 nitrogen and oxygen atoms in total. The third-order valence-corrected chi connectivity index (χ3v) is 10.3. The lowest BCUT2D eigenvalue weighted by Gasteiger charge is -2.40. The first-order chi connectivity index (χ1) is 22.9. The zero-order valence-corrected chi connectivity index (χ0v) is 26.0. The molecular formula is C39H35N3O5. The summed E-state index contributed by atoms with van der Waals surface area (Å²) in [7, 11) is 0. The van der Waals surface area contributed by atoms with Crippen LogP contribution in [0.1, 0.15) is 18.5 Å². The number of ether oxygens (including phenoxy) is 1. The first-order valence-corrected chi connectivity index (χ1v) is 16.1. The number of benzene rings is 4. The highest BCUT2D eigenvalue weighted by Crippen LogP contribution is 2.59. The van der Waals surface area contributed by atoms with Gasteiger partial charge in [0.2, 0.25) is 11.8 Å². The van der Waals surface area contributed by atoms with E-state index in [-0.39, 0.29) is 24.3 Å². The summed E-state index contributed by atoms with van der Waals surface area (Å²) >= 11 is 0. The van der Waals surface area contributed by atoms with Gasteiger partial charge in [-0.15, -0.1) is 0 Å². The number of hydrogen-bond acceptors (Lipinski definition) is 5. The lowest BCUT2D eigenvalue weighted by Crippen LogP contribution is -2.57. The van der Waals surface area contributed by atoms with Gasteiger partial charge < -0.3 is 24.5 Å². The fourth-order valence-corrected chi connectivity index (χ4v) is 8.24. The molecule has 6 atom stereocenters. The number of para-hydroxylation sites is 1. The summed E-state index contributed by atoms with van der Waals surface area (Å²) in [6.07, 6.45) is 7.51. The molecular weight excluding hydrogens is 590 g/mol. The molecule has 1 spiro atoms. The maximum Gasteiger partial charge on any atom is 0.253 e. The van der Waals surface area contributed by atoms with Crippen LogP contribution >= 0.6 is 0 Å². The van der Waals surface area contributed by atoms with E-state index in [0.717, 1.165) is 16.5 Å². The maximum absolute atomic E-state index is 15.1. The first kappa shape index (κ1) is 29.4. The molecule has 0 saturated carbocycles. The van der Waals surface area contributed by atoms with Gasteiger partial charge in [-0.2, -0.15) is 0 Å². The highest BCUT2D eigenvalue weighted by atomic mass is 16.5. The van der Waals surface area contributed by atoms with E-state index < -0.39 is 41.7 Å². The van der Waals surface area contributed by atoms with Crippen molar-refractivity contribution in [2.24, 2.45) is 11.8 Å².